The Morgan fingerprint density at radius 3 is 2.81 bits per heavy atom. The maximum absolute atomic E-state index is 2.47. The lowest BCUT2D eigenvalue weighted by molar-refractivity contribution is 0.317. The van der Waals surface area contributed by atoms with Gasteiger partial charge in [0.15, 0.2) is 0 Å². The molecule has 0 aliphatic carbocycles. The third-order valence-corrected chi connectivity index (χ3v) is 4.65. The lowest BCUT2D eigenvalue weighted by Crippen LogP contribution is -2.17. The molecule has 1 fully saturated rings. The topological polar surface area (TPSA) is 7.65 Å². The van der Waals surface area contributed by atoms with Crippen LogP contribution in [0.25, 0.3) is 16.8 Å². The summed E-state index contributed by atoms with van der Waals surface area (Å²) < 4.78 is 2.26. The van der Waals surface area contributed by atoms with Gasteiger partial charge in [0.2, 0.25) is 0 Å². The largest absolute Gasteiger partial charge is 0.317 e. The van der Waals surface area contributed by atoms with Gasteiger partial charge in [-0.1, -0.05) is 24.3 Å². The zero-order valence-corrected chi connectivity index (χ0v) is 12.4. The number of rotatable bonds is 2. The summed E-state index contributed by atoms with van der Waals surface area (Å²) in [5, 5.41) is 0. The Morgan fingerprint density at radius 2 is 1.95 bits per heavy atom. The molecule has 3 heterocycles. The molecule has 2 nitrogen and oxygen atoms in total. The van der Waals surface area contributed by atoms with Crippen LogP contribution in [0, 0.1) is 0 Å². The van der Waals surface area contributed by atoms with Gasteiger partial charge in [0.25, 0.3) is 0 Å². The number of hydrogen-bond acceptors (Lipinski definition) is 1. The van der Waals surface area contributed by atoms with Gasteiger partial charge in [-0.25, -0.2) is 0 Å². The molecule has 21 heavy (non-hydrogen) atoms. The Morgan fingerprint density at radius 1 is 1.00 bits per heavy atom. The minimum atomic E-state index is 0.580. The number of likely N-dealkylation sites (tertiary alicyclic amines) is 1. The van der Waals surface area contributed by atoms with Crippen LogP contribution in [0.15, 0.2) is 60.8 Å². The van der Waals surface area contributed by atoms with E-state index in [0.717, 1.165) is 0 Å². The third kappa shape index (κ3) is 2.16. The van der Waals surface area contributed by atoms with Crippen LogP contribution in [0.1, 0.15) is 24.4 Å². The average Bonchev–Trinajstić information content (AvgIpc) is 3.13. The first-order valence-corrected chi connectivity index (χ1v) is 7.69. The zero-order chi connectivity index (χ0) is 14.2. The summed E-state index contributed by atoms with van der Waals surface area (Å²) in [6, 6.07) is 20.3. The molecular weight excluding hydrogens is 256 g/mol. The van der Waals surface area contributed by atoms with Crippen molar-refractivity contribution in [2.45, 2.75) is 18.9 Å². The van der Waals surface area contributed by atoms with Crippen molar-refractivity contribution < 1.29 is 0 Å². The van der Waals surface area contributed by atoms with Gasteiger partial charge >= 0.3 is 0 Å². The summed E-state index contributed by atoms with van der Waals surface area (Å²) in [6.07, 6.45) is 4.72. The third-order valence-electron chi connectivity index (χ3n) is 4.65. The summed E-state index contributed by atoms with van der Waals surface area (Å²) in [6.45, 7) is 1.21. The van der Waals surface area contributed by atoms with Crippen LogP contribution in [-0.4, -0.2) is 22.9 Å². The molecule has 106 valence electrons. The smallest absolute Gasteiger partial charge is 0.0528 e. The molecule has 1 aliphatic heterocycles. The Bertz CT molecular complexity index is 772. The standard InChI is InChI=1S/C19H20N2/c1-20-12-5-9-18(20)15-6-4-7-16(14-15)19-11-10-17-8-2-3-13-21(17)19/h2-4,6-8,10-11,13-14,18H,5,9,12H2,1H3. The van der Waals surface area contributed by atoms with E-state index in [0.29, 0.717) is 6.04 Å². The summed E-state index contributed by atoms with van der Waals surface area (Å²) in [5.41, 5.74) is 5.27. The van der Waals surface area contributed by atoms with Crippen molar-refractivity contribution in [1.82, 2.24) is 9.30 Å². The van der Waals surface area contributed by atoms with Crippen molar-refractivity contribution in [2.24, 2.45) is 0 Å². The van der Waals surface area contributed by atoms with Crippen LogP contribution in [0.3, 0.4) is 0 Å². The first kappa shape index (κ1) is 12.7. The lowest BCUT2D eigenvalue weighted by Gasteiger charge is -2.20. The quantitative estimate of drug-likeness (QED) is 0.674. The summed E-state index contributed by atoms with van der Waals surface area (Å²) in [7, 11) is 2.23. The van der Waals surface area contributed by atoms with E-state index in [1.165, 1.54) is 41.7 Å². The van der Waals surface area contributed by atoms with E-state index in [1.54, 1.807) is 0 Å². The second-order valence-corrected chi connectivity index (χ2v) is 5.98. The molecule has 3 aromatic rings. The molecule has 0 bridgehead atoms. The molecule has 2 aromatic heterocycles. The summed E-state index contributed by atoms with van der Waals surface area (Å²) in [5.74, 6) is 0. The molecule has 0 saturated carbocycles. The zero-order valence-electron chi connectivity index (χ0n) is 12.4. The van der Waals surface area contributed by atoms with Crippen molar-refractivity contribution in [3.05, 3.63) is 66.4 Å². The molecule has 0 amide bonds. The highest BCUT2D eigenvalue weighted by atomic mass is 15.1. The van der Waals surface area contributed by atoms with E-state index >= 15 is 0 Å². The van der Waals surface area contributed by atoms with Crippen molar-refractivity contribution in [3.63, 3.8) is 0 Å². The highest BCUT2D eigenvalue weighted by molar-refractivity contribution is 5.68. The summed E-state index contributed by atoms with van der Waals surface area (Å²) >= 11 is 0. The van der Waals surface area contributed by atoms with E-state index in [4.69, 9.17) is 0 Å². The molecule has 2 heteroatoms. The average molecular weight is 276 g/mol. The predicted octanol–water partition coefficient (Wildman–Crippen LogP) is 4.37. The predicted molar refractivity (Wildman–Crippen MR) is 87.4 cm³/mol. The number of pyridine rings is 1. The molecule has 1 saturated heterocycles. The van der Waals surface area contributed by atoms with E-state index in [-0.39, 0.29) is 0 Å². The molecule has 4 rings (SSSR count). The number of aromatic nitrogens is 1. The highest BCUT2D eigenvalue weighted by Gasteiger charge is 2.22. The number of hydrogen-bond donors (Lipinski definition) is 0. The fourth-order valence-electron chi connectivity index (χ4n) is 3.53. The van der Waals surface area contributed by atoms with Gasteiger partial charge in [0.05, 0.1) is 5.69 Å². The van der Waals surface area contributed by atoms with Crippen molar-refractivity contribution in [1.29, 1.82) is 0 Å². The van der Waals surface area contributed by atoms with Gasteiger partial charge < -0.3 is 4.40 Å². The minimum Gasteiger partial charge on any atom is -0.317 e. The highest BCUT2D eigenvalue weighted by Crippen LogP contribution is 2.33. The van der Waals surface area contributed by atoms with Gasteiger partial charge in [-0.3, -0.25) is 4.90 Å². The van der Waals surface area contributed by atoms with Gasteiger partial charge in [0.1, 0.15) is 0 Å². The second kappa shape index (κ2) is 5.05. The fraction of sp³-hybridized carbons (Fsp3) is 0.263. The van der Waals surface area contributed by atoms with Crippen LogP contribution >= 0.6 is 0 Å². The van der Waals surface area contributed by atoms with Crippen molar-refractivity contribution in [2.75, 3.05) is 13.6 Å². The molecule has 0 spiro atoms. The molecule has 0 N–H and O–H groups in total. The molecule has 1 aromatic carbocycles. The fourth-order valence-corrected chi connectivity index (χ4v) is 3.53. The van der Waals surface area contributed by atoms with Crippen molar-refractivity contribution in [3.8, 4) is 11.3 Å². The van der Waals surface area contributed by atoms with Crippen LogP contribution in [-0.2, 0) is 0 Å². The molecule has 1 atom stereocenters. The van der Waals surface area contributed by atoms with E-state index in [2.05, 4.69) is 77.1 Å². The minimum absolute atomic E-state index is 0.580. The Labute approximate surface area is 125 Å². The molecule has 0 radical (unpaired) electrons. The SMILES string of the molecule is CN1CCCC1c1cccc(-c2ccc3ccccn23)c1. The first-order valence-electron chi connectivity index (χ1n) is 7.69. The van der Waals surface area contributed by atoms with Crippen molar-refractivity contribution >= 4 is 5.52 Å². The number of benzene rings is 1. The maximum atomic E-state index is 2.47. The molecule has 1 unspecified atom stereocenters. The number of fused-ring (bicyclic) bond motifs is 1. The van der Waals surface area contributed by atoms with Crippen LogP contribution < -0.4 is 0 Å². The van der Waals surface area contributed by atoms with Gasteiger partial charge in [0, 0.05) is 17.8 Å². The van der Waals surface area contributed by atoms with E-state index in [9.17, 15) is 0 Å². The van der Waals surface area contributed by atoms with E-state index < -0.39 is 0 Å². The Balaban J connectivity index is 1.79. The second-order valence-electron chi connectivity index (χ2n) is 5.98. The van der Waals surface area contributed by atoms with Crippen LogP contribution in [0.5, 0.6) is 0 Å². The van der Waals surface area contributed by atoms with Gasteiger partial charge in [-0.05, 0) is 67.9 Å². The summed E-state index contributed by atoms with van der Waals surface area (Å²) in [4.78, 5) is 2.47. The monoisotopic (exact) mass is 276 g/mol. The van der Waals surface area contributed by atoms with Crippen LogP contribution in [0.4, 0.5) is 0 Å². The Kier molecular flexibility index (Phi) is 3.04. The molecular formula is C19H20N2. The number of nitrogens with zero attached hydrogens (tertiary/aromatic N) is 2. The van der Waals surface area contributed by atoms with Gasteiger partial charge in [-0.15, -0.1) is 0 Å². The van der Waals surface area contributed by atoms with Gasteiger partial charge in [-0.2, -0.15) is 0 Å². The first-order chi connectivity index (χ1) is 10.3. The maximum Gasteiger partial charge on any atom is 0.0528 e. The molecule has 1 aliphatic rings. The van der Waals surface area contributed by atoms with E-state index in [1.807, 2.05) is 0 Å². The van der Waals surface area contributed by atoms with Crippen LogP contribution in [0.2, 0.25) is 0 Å². The lowest BCUT2D eigenvalue weighted by atomic mass is 10.0. The Hall–Kier alpha value is -2.06. The normalized spacial score (nSPS) is 19.4.